The van der Waals surface area contributed by atoms with Crippen LogP contribution in [0.4, 0.5) is 0 Å². The van der Waals surface area contributed by atoms with Gasteiger partial charge in [0.2, 0.25) is 0 Å². The van der Waals surface area contributed by atoms with Gasteiger partial charge in [-0.1, -0.05) is 6.07 Å². The Morgan fingerprint density at radius 2 is 2.06 bits per heavy atom. The van der Waals surface area contributed by atoms with Crippen molar-refractivity contribution in [3.8, 4) is 5.75 Å². The molecule has 1 heterocycles. The Morgan fingerprint density at radius 3 is 2.94 bits per heavy atom. The molecule has 0 fully saturated rings. The predicted molar refractivity (Wildman–Crippen MR) is 65.5 cm³/mol. The van der Waals surface area contributed by atoms with E-state index < -0.39 is 0 Å². The molecule has 0 spiro atoms. The zero-order valence-corrected chi connectivity index (χ0v) is 9.23. The lowest BCUT2D eigenvalue weighted by molar-refractivity contribution is 0.311. The van der Waals surface area contributed by atoms with Gasteiger partial charge in [-0.05, 0) is 43.7 Å². The number of hydrogen-bond donors (Lipinski definition) is 1. The van der Waals surface area contributed by atoms with Crippen LogP contribution in [0.5, 0.6) is 5.75 Å². The minimum Gasteiger partial charge on any atom is -0.493 e. The molecular weight excluding hydrogens is 200 g/mol. The highest BCUT2D eigenvalue weighted by atomic mass is 16.5. The molecule has 16 heavy (non-hydrogen) atoms. The summed E-state index contributed by atoms with van der Waals surface area (Å²) in [6.45, 7) is 1.44. The molecule has 3 heteroatoms. The van der Waals surface area contributed by atoms with E-state index in [1.807, 2.05) is 30.3 Å². The van der Waals surface area contributed by atoms with Crippen molar-refractivity contribution in [2.24, 2.45) is 5.73 Å². The van der Waals surface area contributed by atoms with Crippen LogP contribution in [-0.4, -0.2) is 18.1 Å². The van der Waals surface area contributed by atoms with Gasteiger partial charge >= 0.3 is 0 Å². The molecule has 0 aliphatic rings. The molecule has 0 amide bonds. The van der Waals surface area contributed by atoms with Gasteiger partial charge in [0.25, 0.3) is 0 Å². The Bertz CT molecular complexity index is 451. The van der Waals surface area contributed by atoms with Crippen molar-refractivity contribution in [1.29, 1.82) is 0 Å². The summed E-state index contributed by atoms with van der Waals surface area (Å²) in [6, 6.07) is 9.89. The summed E-state index contributed by atoms with van der Waals surface area (Å²) in [6.07, 6.45) is 3.79. The lowest BCUT2D eigenvalue weighted by Gasteiger charge is -2.08. The Kier molecular flexibility index (Phi) is 3.72. The average Bonchev–Trinajstić information content (AvgIpc) is 2.35. The molecular formula is C13H16N2O. The molecule has 0 bridgehead atoms. The zero-order valence-electron chi connectivity index (χ0n) is 9.23. The fraction of sp³-hybridized carbons (Fsp3) is 0.308. The number of unbranched alkanes of at least 4 members (excludes halogenated alkanes) is 1. The Hall–Kier alpha value is -1.61. The van der Waals surface area contributed by atoms with E-state index in [0.717, 1.165) is 36.0 Å². The highest BCUT2D eigenvalue weighted by Gasteiger charge is 2.01. The Labute approximate surface area is 95.2 Å². The topological polar surface area (TPSA) is 48.1 Å². The van der Waals surface area contributed by atoms with Gasteiger partial charge in [-0.15, -0.1) is 0 Å². The number of hydrogen-bond acceptors (Lipinski definition) is 3. The number of ether oxygens (including phenoxy) is 1. The second-order valence-electron chi connectivity index (χ2n) is 3.67. The molecule has 1 aromatic carbocycles. The van der Waals surface area contributed by atoms with E-state index in [9.17, 15) is 0 Å². The second-order valence-corrected chi connectivity index (χ2v) is 3.67. The van der Waals surface area contributed by atoms with Gasteiger partial charge in [-0.2, -0.15) is 0 Å². The van der Waals surface area contributed by atoms with Gasteiger partial charge in [0.15, 0.2) is 0 Å². The summed E-state index contributed by atoms with van der Waals surface area (Å²) >= 11 is 0. The van der Waals surface area contributed by atoms with Crippen LogP contribution in [0.15, 0.2) is 36.5 Å². The van der Waals surface area contributed by atoms with Gasteiger partial charge in [0.05, 0.1) is 12.1 Å². The molecule has 2 aromatic rings. The average molecular weight is 216 g/mol. The van der Waals surface area contributed by atoms with Crippen LogP contribution >= 0.6 is 0 Å². The molecule has 0 aliphatic heterocycles. The smallest absolute Gasteiger partial charge is 0.128 e. The van der Waals surface area contributed by atoms with E-state index in [2.05, 4.69) is 4.98 Å². The maximum absolute atomic E-state index is 5.73. The molecule has 0 unspecified atom stereocenters. The van der Waals surface area contributed by atoms with E-state index in [4.69, 9.17) is 10.5 Å². The molecule has 1 aromatic heterocycles. The number of fused-ring (bicyclic) bond motifs is 1. The number of nitrogens with two attached hydrogens (primary N) is 1. The Balaban J connectivity index is 2.11. The summed E-state index contributed by atoms with van der Waals surface area (Å²) in [7, 11) is 0. The first kappa shape index (κ1) is 10.9. The van der Waals surface area contributed by atoms with E-state index in [1.54, 1.807) is 6.20 Å². The molecule has 0 atom stereocenters. The van der Waals surface area contributed by atoms with Crippen LogP contribution < -0.4 is 10.5 Å². The minimum absolute atomic E-state index is 0.713. The third-order valence-corrected chi connectivity index (χ3v) is 2.46. The first-order valence-electron chi connectivity index (χ1n) is 5.58. The lowest BCUT2D eigenvalue weighted by atomic mass is 10.2. The molecule has 0 aliphatic carbocycles. The summed E-state index contributed by atoms with van der Waals surface area (Å²) in [4.78, 5) is 4.29. The van der Waals surface area contributed by atoms with Crippen molar-refractivity contribution < 1.29 is 4.74 Å². The first-order chi connectivity index (χ1) is 7.92. The maximum atomic E-state index is 5.73. The Morgan fingerprint density at radius 1 is 1.12 bits per heavy atom. The van der Waals surface area contributed by atoms with Crippen LogP contribution in [0.3, 0.4) is 0 Å². The third-order valence-electron chi connectivity index (χ3n) is 2.46. The SMILES string of the molecule is NCCCCOc1cccc2ncccc12. The van der Waals surface area contributed by atoms with Crippen molar-refractivity contribution in [2.45, 2.75) is 12.8 Å². The van der Waals surface area contributed by atoms with Crippen molar-refractivity contribution in [2.75, 3.05) is 13.2 Å². The van der Waals surface area contributed by atoms with Crippen molar-refractivity contribution in [3.05, 3.63) is 36.5 Å². The fourth-order valence-electron chi connectivity index (χ4n) is 1.63. The van der Waals surface area contributed by atoms with Gasteiger partial charge in [0.1, 0.15) is 5.75 Å². The van der Waals surface area contributed by atoms with Gasteiger partial charge in [-0.25, -0.2) is 0 Å². The molecule has 2 N–H and O–H groups in total. The first-order valence-corrected chi connectivity index (χ1v) is 5.58. The molecule has 84 valence electrons. The van der Waals surface area contributed by atoms with E-state index in [-0.39, 0.29) is 0 Å². The molecule has 3 nitrogen and oxygen atoms in total. The van der Waals surface area contributed by atoms with E-state index in [1.165, 1.54) is 0 Å². The summed E-state index contributed by atoms with van der Waals surface area (Å²) in [5.74, 6) is 0.905. The summed E-state index contributed by atoms with van der Waals surface area (Å²) < 4.78 is 5.73. The van der Waals surface area contributed by atoms with Crippen LogP contribution in [0, 0.1) is 0 Å². The molecule has 0 saturated carbocycles. The van der Waals surface area contributed by atoms with Crippen LogP contribution in [0.25, 0.3) is 10.9 Å². The quantitative estimate of drug-likeness (QED) is 0.780. The number of pyridine rings is 1. The number of nitrogens with zero attached hydrogens (tertiary/aromatic N) is 1. The maximum Gasteiger partial charge on any atom is 0.128 e. The van der Waals surface area contributed by atoms with E-state index >= 15 is 0 Å². The summed E-state index contributed by atoms with van der Waals surface area (Å²) in [5, 5.41) is 1.07. The number of benzene rings is 1. The third kappa shape index (κ3) is 2.49. The molecule has 0 radical (unpaired) electrons. The van der Waals surface area contributed by atoms with E-state index in [0.29, 0.717) is 6.61 Å². The van der Waals surface area contributed by atoms with Crippen molar-refractivity contribution in [3.63, 3.8) is 0 Å². The lowest BCUT2D eigenvalue weighted by Crippen LogP contribution is -2.03. The van der Waals surface area contributed by atoms with Gasteiger partial charge in [0, 0.05) is 11.6 Å². The van der Waals surface area contributed by atoms with Crippen LogP contribution in [0.2, 0.25) is 0 Å². The van der Waals surface area contributed by atoms with Gasteiger partial charge < -0.3 is 10.5 Å². The monoisotopic (exact) mass is 216 g/mol. The standard InChI is InChI=1S/C13H16N2O/c14-8-1-2-10-16-13-7-3-6-12-11(13)5-4-9-15-12/h3-7,9H,1-2,8,10,14H2. The largest absolute Gasteiger partial charge is 0.493 e. The van der Waals surface area contributed by atoms with Crippen molar-refractivity contribution in [1.82, 2.24) is 4.98 Å². The fourth-order valence-corrected chi connectivity index (χ4v) is 1.63. The van der Waals surface area contributed by atoms with Gasteiger partial charge in [-0.3, -0.25) is 4.98 Å². The highest BCUT2D eigenvalue weighted by molar-refractivity contribution is 5.84. The summed E-state index contributed by atoms with van der Waals surface area (Å²) in [5.41, 5.74) is 6.40. The normalized spacial score (nSPS) is 10.6. The highest BCUT2D eigenvalue weighted by Crippen LogP contribution is 2.23. The van der Waals surface area contributed by atoms with Crippen LogP contribution in [-0.2, 0) is 0 Å². The molecule has 0 saturated heterocycles. The predicted octanol–water partition coefficient (Wildman–Crippen LogP) is 2.35. The minimum atomic E-state index is 0.713. The number of aromatic nitrogens is 1. The van der Waals surface area contributed by atoms with Crippen LogP contribution in [0.1, 0.15) is 12.8 Å². The zero-order chi connectivity index (χ0) is 11.2. The van der Waals surface area contributed by atoms with Crippen molar-refractivity contribution >= 4 is 10.9 Å². The second kappa shape index (κ2) is 5.47. The number of rotatable bonds is 5. The molecule has 2 rings (SSSR count).